The lowest BCUT2D eigenvalue weighted by Gasteiger charge is -2.23. The summed E-state index contributed by atoms with van der Waals surface area (Å²) in [6.45, 7) is 7.71. The van der Waals surface area contributed by atoms with Crippen molar-refractivity contribution in [2.45, 2.75) is 26.4 Å². The highest BCUT2D eigenvalue weighted by Crippen LogP contribution is 2.19. The van der Waals surface area contributed by atoms with E-state index in [1.807, 2.05) is 33.0 Å². The molecule has 0 amide bonds. The fourth-order valence-corrected chi connectivity index (χ4v) is 2.70. The van der Waals surface area contributed by atoms with Gasteiger partial charge in [-0.2, -0.15) is 0 Å². The third-order valence-corrected chi connectivity index (χ3v) is 3.89. The van der Waals surface area contributed by atoms with Crippen LogP contribution in [0, 0.1) is 19.8 Å². The molecule has 0 aromatic heterocycles. The Morgan fingerprint density at radius 1 is 1.43 bits per heavy atom. The summed E-state index contributed by atoms with van der Waals surface area (Å²) >= 11 is 0. The molecule has 1 aliphatic heterocycles. The number of benzene rings is 1. The maximum atomic E-state index is 10.1. The van der Waals surface area contributed by atoms with E-state index >= 15 is 0 Å². The number of ether oxygens (including phenoxy) is 2. The third-order valence-electron chi connectivity index (χ3n) is 3.89. The Balaban J connectivity index is 1.73. The highest BCUT2D eigenvalue weighted by atomic mass is 16.5. The highest BCUT2D eigenvalue weighted by molar-refractivity contribution is 5.35. The van der Waals surface area contributed by atoms with Gasteiger partial charge < -0.3 is 19.5 Å². The Bertz CT molecular complexity index is 444. The zero-order valence-corrected chi connectivity index (χ0v) is 13.3. The Morgan fingerprint density at radius 2 is 2.24 bits per heavy atom. The molecule has 1 aliphatic rings. The summed E-state index contributed by atoms with van der Waals surface area (Å²) in [5.41, 5.74) is 2.27. The Morgan fingerprint density at radius 3 is 2.95 bits per heavy atom. The molecule has 2 rings (SSSR count). The van der Waals surface area contributed by atoms with Crippen molar-refractivity contribution in [3.8, 4) is 5.75 Å². The average Bonchev–Trinajstić information content (AvgIpc) is 2.92. The summed E-state index contributed by atoms with van der Waals surface area (Å²) < 4.78 is 11.1. The molecule has 0 saturated carbocycles. The van der Waals surface area contributed by atoms with Gasteiger partial charge in [0.15, 0.2) is 0 Å². The van der Waals surface area contributed by atoms with Crippen molar-refractivity contribution in [2.24, 2.45) is 5.92 Å². The molecule has 0 spiro atoms. The number of aliphatic hydroxyl groups excluding tert-OH is 1. The number of rotatable bonds is 7. The molecule has 4 heteroatoms. The predicted molar refractivity (Wildman–Crippen MR) is 83.8 cm³/mol. The summed E-state index contributed by atoms with van der Waals surface area (Å²) in [5, 5.41) is 10.1. The molecule has 2 atom stereocenters. The van der Waals surface area contributed by atoms with E-state index in [1.54, 1.807) is 0 Å². The first-order valence-corrected chi connectivity index (χ1v) is 7.69. The monoisotopic (exact) mass is 293 g/mol. The molecule has 0 radical (unpaired) electrons. The Kier molecular flexibility index (Phi) is 6.03. The van der Waals surface area contributed by atoms with Gasteiger partial charge in [-0.3, -0.25) is 0 Å². The van der Waals surface area contributed by atoms with Gasteiger partial charge in [0.2, 0.25) is 0 Å². The van der Waals surface area contributed by atoms with E-state index in [1.165, 1.54) is 5.56 Å². The summed E-state index contributed by atoms with van der Waals surface area (Å²) in [6, 6.07) is 6.13. The molecule has 1 fully saturated rings. The Labute approximate surface area is 127 Å². The maximum absolute atomic E-state index is 10.1. The molecule has 0 aliphatic carbocycles. The van der Waals surface area contributed by atoms with Gasteiger partial charge in [-0.25, -0.2) is 0 Å². The molecular weight excluding hydrogens is 266 g/mol. The SMILES string of the molecule is Cc1ccc(C)c(OCC(O)CN(C)CC2CCOC2)c1. The van der Waals surface area contributed by atoms with Crippen molar-refractivity contribution in [1.29, 1.82) is 0 Å². The van der Waals surface area contributed by atoms with Crippen molar-refractivity contribution in [3.63, 3.8) is 0 Å². The molecule has 118 valence electrons. The maximum Gasteiger partial charge on any atom is 0.122 e. The Hall–Kier alpha value is -1.10. The van der Waals surface area contributed by atoms with E-state index in [2.05, 4.69) is 11.0 Å². The number of likely N-dealkylation sites (N-methyl/N-ethyl adjacent to an activating group) is 1. The van der Waals surface area contributed by atoms with Crippen LogP contribution in [0.15, 0.2) is 18.2 Å². The molecular formula is C17H27NO3. The molecule has 0 bridgehead atoms. The minimum Gasteiger partial charge on any atom is -0.491 e. The topological polar surface area (TPSA) is 41.9 Å². The first-order chi connectivity index (χ1) is 10.0. The van der Waals surface area contributed by atoms with Crippen LogP contribution in [-0.4, -0.2) is 56.1 Å². The highest BCUT2D eigenvalue weighted by Gasteiger charge is 2.19. The zero-order chi connectivity index (χ0) is 15.2. The lowest BCUT2D eigenvalue weighted by molar-refractivity contribution is 0.0702. The third kappa shape index (κ3) is 5.30. The molecule has 1 heterocycles. The summed E-state index contributed by atoms with van der Waals surface area (Å²) in [5.74, 6) is 1.46. The molecule has 1 saturated heterocycles. The van der Waals surface area contributed by atoms with Crippen molar-refractivity contribution < 1.29 is 14.6 Å². The van der Waals surface area contributed by atoms with E-state index in [0.717, 1.165) is 37.5 Å². The number of hydrogen-bond donors (Lipinski definition) is 1. The lowest BCUT2D eigenvalue weighted by atomic mass is 10.1. The van der Waals surface area contributed by atoms with Gasteiger partial charge in [0.25, 0.3) is 0 Å². The quantitative estimate of drug-likeness (QED) is 0.835. The lowest BCUT2D eigenvalue weighted by Crippen LogP contribution is -2.36. The second-order valence-corrected chi connectivity index (χ2v) is 6.18. The predicted octanol–water partition coefficient (Wildman–Crippen LogP) is 2.01. The summed E-state index contributed by atoms with van der Waals surface area (Å²) in [4.78, 5) is 2.16. The van der Waals surface area contributed by atoms with Gasteiger partial charge in [0.05, 0.1) is 6.61 Å². The van der Waals surface area contributed by atoms with E-state index in [9.17, 15) is 5.11 Å². The zero-order valence-electron chi connectivity index (χ0n) is 13.3. The smallest absolute Gasteiger partial charge is 0.122 e. The van der Waals surface area contributed by atoms with Gasteiger partial charge in [-0.1, -0.05) is 12.1 Å². The van der Waals surface area contributed by atoms with E-state index < -0.39 is 6.10 Å². The second-order valence-electron chi connectivity index (χ2n) is 6.18. The van der Waals surface area contributed by atoms with E-state index in [-0.39, 0.29) is 0 Å². The van der Waals surface area contributed by atoms with Crippen LogP contribution in [0.1, 0.15) is 17.5 Å². The number of hydrogen-bond acceptors (Lipinski definition) is 4. The van der Waals surface area contributed by atoms with Crippen LogP contribution in [0.25, 0.3) is 0 Å². The number of aliphatic hydroxyl groups is 1. The van der Waals surface area contributed by atoms with Crippen molar-refractivity contribution >= 4 is 0 Å². The van der Waals surface area contributed by atoms with Gasteiger partial charge >= 0.3 is 0 Å². The van der Waals surface area contributed by atoms with E-state index in [4.69, 9.17) is 9.47 Å². The van der Waals surface area contributed by atoms with Gasteiger partial charge in [-0.15, -0.1) is 0 Å². The van der Waals surface area contributed by atoms with Crippen molar-refractivity contribution in [1.82, 2.24) is 4.90 Å². The standard InChI is InChI=1S/C17H27NO3/c1-13-4-5-14(2)17(8-13)21-12-16(19)10-18(3)9-15-6-7-20-11-15/h4-5,8,15-16,19H,6-7,9-12H2,1-3H3. The fraction of sp³-hybridized carbons (Fsp3) is 0.647. The molecule has 1 aromatic carbocycles. The number of aryl methyl sites for hydroxylation is 2. The van der Waals surface area contributed by atoms with E-state index in [0.29, 0.717) is 19.1 Å². The minimum absolute atomic E-state index is 0.329. The van der Waals surface area contributed by atoms with Crippen LogP contribution in [0.4, 0.5) is 0 Å². The molecule has 2 unspecified atom stereocenters. The second kappa shape index (κ2) is 7.78. The summed E-state index contributed by atoms with van der Waals surface area (Å²) in [7, 11) is 2.04. The van der Waals surface area contributed by atoms with Crippen LogP contribution in [0.5, 0.6) is 5.75 Å². The minimum atomic E-state index is -0.475. The van der Waals surface area contributed by atoms with Crippen LogP contribution in [0.3, 0.4) is 0 Å². The molecule has 4 nitrogen and oxygen atoms in total. The molecule has 1 N–H and O–H groups in total. The average molecular weight is 293 g/mol. The first-order valence-electron chi connectivity index (χ1n) is 7.69. The van der Waals surface area contributed by atoms with Crippen LogP contribution < -0.4 is 4.74 Å². The van der Waals surface area contributed by atoms with Crippen LogP contribution in [-0.2, 0) is 4.74 Å². The molecule has 21 heavy (non-hydrogen) atoms. The van der Waals surface area contributed by atoms with Crippen LogP contribution >= 0.6 is 0 Å². The van der Waals surface area contributed by atoms with Gasteiger partial charge in [0.1, 0.15) is 18.5 Å². The fourth-order valence-electron chi connectivity index (χ4n) is 2.70. The van der Waals surface area contributed by atoms with Crippen molar-refractivity contribution in [2.75, 3.05) is 40.0 Å². The normalized spacial score (nSPS) is 20.0. The first kappa shape index (κ1) is 16.3. The molecule has 1 aromatic rings. The summed E-state index contributed by atoms with van der Waals surface area (Å²) in [6.07, 6.45) is 0.650. The van der Waals surface area contributed by atoms with Gasteiger partial charge in [0, 0.05) is 19.7 Å². The largest absolute Gasteiger partial charge is 0.491 e. The van der Waals surface area contributed by atoms with Crippen molar-refractivity contribution in [3.05, 3.63) is 29.3 Å². The van der Waals surface area contributed by atoms with Crippen LogP contribution in [0.2, 0.25) is 0 Å². The number of nitrogens with zero attached hydrogens (tertiary/aromatic N) is 1. The van der Waals surface area contributed by atoms with Gasteiger partial charge in [-0.05, 0) is 50.4 Å².